The maximum absolute atomic E-state index is 11.8. The number of rotatable bonds is 10. The number of halogens is 2. The molecule has 200 valence electrons. The molecule has 0 N–H and O–H groups in total. The Morgan fingerprint density at radius 2 is 1.34 bits per heavy atom. The van der Waals surface area contributed by atoms with Crippen LogP contribution >= 0.6 is 23.2 Å². The van der Waals surface area contributed by atoms with Gasteiger partial charge < -0.3 is 9.47 Å². The first kappa shape index (κ1) is 34.7. The minimum Gasteiger partial charge on any atom is -0.466 e. The van der Waals surface area contributed by atoms with E-state index in [0.29, 0.717) is 26.1 Å². The van der Waals surface area contributed by atoms with Crippen LogP contribution in [0.5, 0.6) is 0 Å². The van der Waals surface area contributed by atoms with E-state index in [1.54, 1.807) is 12.2 Å². The van der Waals surface area contributed by atoms with Gasteiger partial charge in [-0.15, -0.1) is 36.4 Å². The molecule has 0 heterocycles. The van der Waals surface area contributed by atoms with Crippen molar-refractivity contribution in [2.75, 3.05) is 18.5 Å². The molecule has 0 saturated heterocycles. The number of carbonyl (C=O) groups is 2. The zero-order valence-corrected chi connectivity index (χ0v) is 22.4. The van der Waals surface area contributed by atoms with Crippen LogP contribution in [0, 0.1) is 10.8 Å². The van der Waals surface area contributed by atoms with Crippen molar-refractivity contribution in [2.45, 2.75) is 66.2 Å². The Morgan fingerprint density at radius 3 is 1.60 bits per heavy atom. The minimum atomic E-state index is -2.06. The fourth-order valence-corrected chi connectivity index (χ4v) is 3.10. The standard InChI is InChI=1S/C12H20O2.C10H16O2.CH2Cl2.2CO2/c1-5-9-12(7-3,10-6-2)11(13)14-8-4;1-3-10(7-5-6-8-10)9(11)12-4-2;3*2-1-3/h5-6H,1-2,7-10H2,3-4H3;5-6H,3-4,7-8H2,1-2H3;1H2;;/i;;1D2;;. The Kier molecular flexibility index (Phi) is 27.5. The van der Waals surface area contributed by atoms with Crippen LogP contribution in [0.1, 0.15) is 69.0 Å². The molecule has 0 amide bonds. The van der Waals surface area contributed by atoms with Gasteiger partial charge in [0.15, 0.2) is 0 Å². The molecule has 0 bridgehead atoms. The first-order valence-electron chi connectivity index (χ1n) is 11.8. The fraction of sp³-hybridized carbons (Fsp3) is 0.600. The van der Waals surface area contributed by atoms with Crippen LogP contribution < -0.4 is 0 Å². The second-order valence-corrected chi connectivity index (χ2v) is 7.38. The average Bonchev–Trinajstić information content (AvgIpc) is 3.30. The molecule has 1 aliphatic rings. The highest BCUT2D eigenvalue weighted by molar-refractivity contribution is 6.40. The van der Waals surface area contributed by atoms with Gasteiger partial charge in [-0.05, 0) is 52.4 Å². The van der Waals surface area contributed by atoms with E-state index in [4.69, 9.17) is 31.4 Å². The van der Waals surface area contributed by atoms with Gasteiger partial charge in [0, 0.05) is 0 Å². The van der Waals surface area contributed by atoms with Crippen molar-refractivity contribution < 1.29 is 41.0 Å². The molecule has 0 aromatic heterocycles. The lowest BCUT2D eigenvalue weighted by Crippen LogP contribution is -2.31. The van der Waals surface area contributed by atoms with E-state index in [2.05, 4.69) is 48.5 Å². The quantitative estimate of drug-likeness (QED) is 0.198. The first-order chi connectivity index (χ1) is 17.2. The van der Waals surface area contributed by atoms with E-state index in [-0.39, 0.29) is 29.7 Å². The van der Waals surface area contributed by atoms with E-state index in [0.717, 1.165) is 25.7 Å². The van der Waals surface area contributed by atoms with Gasteiger partial charge in [-0.25, -0.2) is 0 Å². The van der Waals surface area contributed by atoms with E-state index in [1.165, 1.54) is 0 Å². The van der Waals surface area contributed by atoms with Crippen LogP contribution in [0.2, 0.25) is 0 Å². The van der Waals surface area contributed by atoms with Crippen molar-refractivity contribution in [1.82, 2.24) is 0 Å². The topological polar surface area (TPSA) is 121 Å². The van der Waals surface area contributed by atoms with Crippen molar-refractivity contribution in [1.29, 1.82) is 0 Å². The lowest BCUT2D eigenvalue weighted by molar-refractivity contribution is -0.193. The highest BCUT2D eigenvalue weighted by Crippen LogP contribution is 2.37. The van der Waals surface area contributed by atoms with Crippen LogP contribution in [-0.2, 0) is 38.2 Å². The molecule has 0 fully saturated rings. The Labute approximate surface area is 221 Å². The molecule has 1 aliphatic carbocycles. The van der Waals surface area contributed by atoms with Crippen LogP contribution in [-0.4, -0.2) is 42.7 Å². The minimum absolute atomic E-state index is 0.0301. The summed E-state index contributed by atoms with van der Waals surface area (Å²) in [7, 11) is 0. The SMILES string of the molecule is C=CCC(CC)(CC=C)C(=O)OCC.CCOC(=O)C1(CC)CC=CC1.O=C=O.O=C=O.[2H]C([2H])(Cl)Cl. The van der Waals surface area contributed by atoms with Crippen LogP contribution in [0.4, 0.5) is 0 Å². The Morgan fingerprint density at radius 1 is 0.971 bits per heavy atom. The molecule has 0 saturated carbocycles. The lowest BCUT2D eigenvalue weighted by Gasteiger charge is -2.27. The zero-order chi connectivity index (χ0) is 30.0. The molecule has 0 radical (unpaired) electrons. The zero-order valence-electron chi connectivity index (χ0n) is 22.9. The average molecular weight is 539 g/mol. The van der Waals surface area contributed by atoms with E-state index < -0.39 is 10.7 Å². The first-order valence-corrected chi connectivity index (χ1v) is 11.6. The molecule has 0 atom stereocenters. The smallest absolute Gasteiger partial charge is 0.373 e. The third-order valence-electron chi connectivity index (χ3n) is 5.02. The van der Waals surface area contributed by atoms with Gasteiger partial charge in [0.1, 0.15) is 0 Å². The van der Waals surface area contributed by atoms with Gasteiger partial charge in [-0.3, -0.25) is 9.59 Å². The Hall–Kier alpha value is -2.50. The molecule has 0 aliphatic heterocycles. The molecule has 1 rings (SSSR count). The lowest BCUT2D eigenvalue weighted by atomic mass is 9.79. The van der Waals surface area contributed by atoms with Gasteiger partial charge in [0.2, 0.25) is 0 Å². The summed E-state index contributed by atoms with van der Waals surface area (Å²) < 4.78 is 22.4. The van der Waals surface area contributed by atoms with Crippen LogP contribution in [0.3, 0.4) is 0 Å². The summed E-state index contributed by atoms with van der Waals surface area (Å²) in [5, 5.41) is -2.06. The fourth-order valence-electron chi connectivity index (χ4n) is 3.10. The second-order valence-electron chi connectivity index (χ2n) is 6.81. The van der Waals surface area contributed by atoms with Crippen molar-refractivity contribution in [2.24, 2.45) is 10.8 Å². The number of allylic oxidation sites excluding steroid dienone is 4. The third-order valence-corrected chi connectivity index (χ3v) is 5.02. The maximum atomic E-state index is 11.8. The summed E-state index contributed by atoms with van der Waals surface area (Å²) in [4.78, 5) is 55.8. The van der Waals surface area contributed by atoms with Crippen molar-refractivity contribution in [3.05, 3.63) is 37.5 Å². The molecule has 0 aromatic rings. The number of hydrogen-bond acceptors (Lipinski definition) is 8. The van der Waals surface area contributed by atoms with Crippen LogP contribution in [0.15, 0.2) is 37.5 Å². The van der Waals surface area contributed by atoms with Crippen LogP contribution in [0.25, 0.3) is 0 Å². The van der Waals surface area contributed by atoms with E-state index in [1.807, 2.05) is 27.7 Å². The van der Waals surface area contributed by atoms with Crippen molar-refractivity contribution in [3.63, 3.8) is 0 Å². The molecule has 0 spiro atoms. The number of alkyl halides is 2. The maximum Gasteiger partial charge on any atom is 0.373 e. The summed E-state index contributed by atoms with van der Waals surface area (Å²) in [6.07, 6.45) is 12.8. The number of ether oxygens (including phenoxy) is 2. The molecular formula is C25H38Cl2O8. The molecule has 35 heavy (non-hydrogen) atoms. The molecule has 8 nitrogen and oxygen atoms in total. The van der Waals surface area contributed by atoms with Gasteiger partial charge >= 0.3 is 24.2 Å². The summed E-state index contributed by atoms with van der Waals surface area (Å²) in [6, 6.07) is 0. The molecule has 0 aromatic carbocycles. The third kappa shape index (κ3) is 18.5. The summed E-state index contributed by atoms with van der Waals surface area (Å²) >= 11 is 9.26. The largest absolute Gasteiger partial charge is 0.466 e. The highest BCUT2D eigenvalue weighted by Gasteiger charge is 2.38. The molecule has 10 heteroatoms. The summed E-state index contributed by atoms with van der Waals surface area (Å²) in [5.41, 5.74) is -0.671. The Balaban J connectivity index is -0.000000212. The van der Waals surface area contributed by atoms with Crippen molar-refractivity contribution >= 4 is 47.4 Å². The molecule has 0 unspecified atom stereocenters. The number of hydrogen-bond donors (Lipinski definition) is 0. The van der Waals surface area contributed by atoms with Gasteiger partial charge in [-0.1, -0.05) is 38.2 Å². The Bertz CT molecular complexity index is 716. The van der Waals surface area contributed by atoms with Crippen molar-refractivity contribution in [3.8, 4) is 0 Å². The number of esters is 2. The monoisotopic (exact) mass is 538 g/mol. The predicted molar refractivity (Wildman–Crippen MR) is 133 cm³/mol. The second kappa shape index (κ2) is 27.7. The molecular weight excluding hydrogens is 499 g/mol. The van der Waals surface area contributed by atoms with Gasteiger partial charge in [-0.2, -0.15) is 19.2 Å². The van der Waals surface area contributed by atoms with Gasteiger partial charge in [0.05, 0.1) is 32.1 Å². The van der Waals surface area contributed by atoms with E-state index >= 15 is 0 Å². The number of carbonyl (C=O) groups excluding carboxylic acids is 6. The van der Waals surface area contributed by atoms with E-state index in [9.17, 15) is 9.59 Å². The highest BCUT2D eigenvalue weighted by atomic mass is 35.5. The summed E-state index contributed by atoms with van der Waals surface area (Å²) in [6.45, 7) is 16.0. The summed E-state index contributed by atoms with van der Waals surface area (Å²) in [5.74, 6) is -0.167. The van der Waals surface area contributed by atoms with Gasteiger partial charge in [0.25, 0.3) is 0 Å². The predicted octanol–water partition coefficient (Wildman–Crippen LogP) is 5.65. The normalized spacial score (nSPS) is 13.2.